The molecule has 0 saturated heterocycles. The molecule has 0 aliphatic rings. The minimum absolute atomic E-state index is 0.177. The SMILES string of the molecule is CCOc1ccc(CNC(=O)NC)cc1. The molecule has 1 aromatic carbocycles. The minimum atomic E-state index is -0.177. The molecule has 0 heterocycles. The lowest BCUT2D eigenvalue weighted by Gasteiger charge is -2.06. The van der Waals surface area contributed by atoms with Crippen LogP contribution in [0.25, 0.3) is 0 Å². The molecule has 0 unspecified atom stereocenters. The zero-order valence-electron chi connectivity index (χ0n) is 9.04. The second-order valence-electron chi connectivity index (χ2n) is 3.01. The molecule has 0 bridgehead atoms. The molecule has 0 saturated carbocycles. The zero-order chi connectivity index (χ0) is 11.1. The Morgan fingerprint density at radius 2 is 2.00 bits per heavy atom. The van der Waals surface area contributed by atoms with E-state index >= 15 is 0 Å². The van der Waals surface area contributed by atoms with Gasteiger partial charge in [0.2, 0.25) is 0 Å². The number of amides is 2. The lowest BCUT2D eigenvalue weighted by Crippen LogP contribution is -2.32. The van der Waals surface area contributed by atoms with Gasteiger partial charge in [0.1, 0.15) is 5.75 Å². The van der Waals surface area contributed by atoms with Crippen molar-refractivity contribution in [2.45, 2.75) is 13.5 Å². The Hall–Kier alpha value is -1.71. The first kappa shape index (κ1) is 11.4. The van der Waals surface area contributed by atoms with Crippen LogP contribution >= 0.6 is 0 Å². The molecule has 0 aromatic heterocycles. The third-order valence-electron chi connectivity index (χ3n) is 1.91. The van der Waals surface area contributed by atoms with E-state index in [9.17, 15) is 4.79 Å². The summed E-state index contributed by atoms with van der Waals surface area (Å²) in [6, 6.07) is 7.47. The number of rotatable bonds is 4. The molecule has 1 aromatic rings. The van der Waals surface area contributed by atoms with Crippen LogP contribution in [0.15, 0.2) is 24.3 Å². The number of hydrogen-bond acceptors (Lipinski definition) is 2. The summed E-state index contributed by atoms with van der Waals surface area (Å²) < 4.78 is 5.31. The van der Waals surface area contributed by atoms with Crippen molar-refractivity contribution in [3.8, 4) is 5.75 Å². The monoisotopic (exact) mass is 208 g/mol. The summed E-state index contributed by atoms with van der Waals surface area (Å²) >= 11 is 0. The van der Waals surface area contributed by atoms with Crippen molar-refractivity contribution < 1.29 is 9.53 Å². The van der Waals surface area contributed by atoms with Crippen molar-refractivity contribution >= 4 is 6.03 Å². The highest BCUT2D eigenvalue weighted by Crippen LogP contribution is 2.11. The average Bonchev–Trinajstić information content (AvgIpc) is 2.28. The molecule has 0 spiro atoms. The van der Waals surface area contributed by atoms with E-state index in [4.69, 9.17) is 4.74 Å². The first-order chi connectivity index (χ1) is 7.26. The molecule has 1 rings (SSSR count). The van der Waals surface area contributed by atoms with Crippen molar-refractivity contribution in [2.75, 3.05) is 13.7 Å². The van der Waals surface area contributed by atoms with E-state index < -0.39 is 0 Å². The van der Waals surface area contributed by atoms with E-state index in [1.807, 2.05) is 31.2 Å². The van der Waals surface area contributed by atoms with Crippen LogP contribution in [0.4, 0.5) is 4.79 Å². The quantitative estimate of drug-likeness (QED) is 0.788. The topological polar surface area (TPSA) is 50.4 Å². The fraction of sp³-hybridized carbons (Fsp3) is 0.364. The van der Waals surface area contributed by atoms with E-state index in [1.165, 1.54) is 0 Å². The maximum Gasteiger partial charge on any atom is 0.314 e. The van der Waals surface area contributed by atoms with Gasteiger partial charge in [0.25, 0.3) is 0 Å². The second kappa shape index (κ2) is 5.90. The van der Waals surface area contributed by atoms with Gasteiger partial charge in [-0.3, -0.25) is 0 Å². The smallest absolute Gasteiger partial charge is 0.314 e. The highest BCUT2D eigenvalue weighted by molar-refractivity contribution is 5.73. The van der Waals surface area contributed by atoms with Gasteiger partial charge in [-0.2, -0.15) is 0 Å². The Bertz CT molecular complexity index is 309. The summed E-state index contributed by atoms with van der Waals surface area (Å²) in [6.45, 7) is 3.13. The van der Waals surface area contributed by atoms with Gasteiger partial charge >= 0.3 is 6.03 Å². The van der Waals surface area contributed by atoms with E-state index in [-0.39, 0.29) is 6.03 Å². The molecule has 2 amide bonds. The lowest BCUT2D eigenvalue weighted by atomic mass is 10.2. The minimum Gasteiger partial charge on any atom is -0.494 e. The number of benzene rings is 1. The van der Waals surface area contributed by atoms with Crippen LogP contribution in [-0.4, -0.2) is 19.7 Å². The molecule has 0 aliphatic carbocycles. The van der Waals surface area contributed by atoms with Crippen LogP contribution in [0.1, 0.15) is 12.5 Å². The number of carbonyl (C=O) groups excluding carboxylic acids is 1. The second-order valence-corrected chi connectivity index (χ2v) is 3.01. The normalized spacial score (nSPS) is 9.47. The number of urea groups is 1. The van der Waals surface area contributed by atoms with Gasteiger partial charge < -0.3 is 15.4 Å². The summed E-state index contributed by atoms with van der Waals surface area (Å²) in [7, 11) is 1.59. The Morgan fingerprint density at radius 3 is 2.53 bits per heavy atom. The zero-order valence-corrected chi connectivity index (χ0v) is 9.04. The van der Waals surface area contributed by atoms with Gasteiger partial charge in [-0.1, -0.05) is 12.1 Å². The predicted octanol–water partition coefficient (Wildman–Crippen LogP) is 1.51. The first-order valence-corrected chi connectivity index (χ1v) is 4.93. The van der Waals surface area contributed by atoms with Crippen molar-refractivity contribution in [2.24, 2.45) is 0 Å². The Labute approximate surface area is 89.6 Å². The number of carbonyl (C=O) groups is 1. The van der Waals surface area contributed by atoms with Gasteiger partial charge in [-0.05, 0) is 24.6 Å². The molecule has 15 heavy (non-hydrogen) atoms. The van der Waals surface area contributed by atoms with E-state index in [0.29, 0.717) is 13.2 Å². The molecule has 0 atom stereocenters. The van der Waals surface area contributed by atoms with Crippen molar-refractivity contribution in [3.63, 3.8) is 0 Å². The third-order valence-corrected chi connectivity index (χ3v) is 1.91. The highest BCUT2D eigenvalue weighted by atomic mass is 16.5. The molecule has 4 nitrogen and oxygen atoms in total. The van der Waals surface area contributed by atoms with Crippen molar-refractivity contribution in [3.05, 3.63) is 29.8 Å². The van der Waals surface area contributed by atoms with Crippen LogP contribution < -0.4 is 15.4 Å². The van der Waals surface area contributed by atoms with Crippen LogP contribution in [0.3, 0.4) is 0 Å². The fourth-order valence-corrected chi connectivity index (χ4v) is 1.14. The first-order valence-electron chi connectivity index (χ1n) is 4.93. The molecule has 2 N–H and O–H groups in total. The van der Waals surface area contributed by atoms with E-state index in [0.717, 1.165) is 11.3 Å². The van der Waals surface area contributed by atoms with Crippen LogP contribution in [0, 0.1) is 0 Å². The van der Waals surface area contributed by atoms with Gasteiger partial charge in [0.05, 0.1) is 6.61 Å². The largest absolute Gasteiger partial charge is 0.494 e. The van der Waals surface area contributed by atoms with Crippen LogP contribution in [0.5, 0.6) is 5.75 Å². The van der Waals surface area contributed by atoms with Crippen LogP contribution in [-0.2, 0) is 6.54 Å². The molecule has 0 radical (unpaired) electrons. The maximum atomic E-state index is 10.9. The summed E-state index contributed by atoms with van der Waals surface area (Å²) in [5.74, 6) is 0.848. The number of nitrogens with one attached hydrogen (secondary N) is 2. The van der Waals surface area contributed by atoms with Crippen molar-refractivity contribution in [1.29, 1.82) is 0 Å². The van der Waals surface area contributed by atoms with Crippen molar-refractivity contribution in [1.82, 2.24) is 10.6 Å². The van der Waals surface area contributed by atoms with E-state index in [2.05, 4.69) is 10.6 Å². The summed E-state index contributed by atoms with van der Waals surface area (Å²) in [5.41, 5.74) is 1.04. The predicted molar refractivity (Wildman–Crippen MR) is 58.9 cm³/mol. The third kappa shape index (κ3) is 3.89. The molecular formula is C11H16N2O2. The standard InChI is InChI=1S/C11H16N2O2/c1-3-15-10-6-4-9(5-7-10)8-13-11(14)12-2/h4-7H,3,8H2,1-2H3,(H2,12,13,14). The average molecular weight is 208 g/mol. The summed E-state index contributed by atoms with van der Waals surface area (Å²) in [5, 5.41) is 5.20. The Balaban J connectivity index is 2.45. The molecule has 0 aliphatic heterocycles. The van der Waals surface area contributed by atoms with Crippen LogP contribution in [0.2, 0.25) is 0 Å². The molecule has 82 valence electrons. The van der Waals surface area contributed by atoms with Gasteiger partial charge in [-0.25, -0.2) is 4.79 Å². The number of hydrogen-bond donors (Lipinski definition) is 2. The lowest BCUT2D eigenvalue weighted by molar-refractivity contribution is 0.242. The molecule has 0 fully saturated rings. The van der Waals surface area contributed by atoms with Gasteiger partial charge in [0.15, 0.2) is 0 Å². The Morgan fingerprint density at radius 1 is 1.33 bits per heavy atom. The molecule has 4 heteroatoms. The van der Waals surface area contributed by atoms with E-state index in [1.54, 1.807) is 7.05 Å². The molecular weight excluding hydrogens is 192 g/mol. The summed E-state index contributed by atoms with van der Waals surface area (Å²) in [4.78, 5) is 10.9. The van der Waals surface area contributed by atoms with Gasteiger partial charge in [0, 0.05) is 13.6 Å². The summed E-state index contributed by atoms with van der Waals surface area (Å²) in [6.07, 6.45) is 0. The van der Waals surface area contributed by atoms with Gasteiger partial charge in [-0.15, -0.1) is 0 Å². The highest BCUT2D eigenvalue weighted by Gasteiger charge is 1.97. The fourth-order valence-electron chi connectivity index (χ4n) is 1.14. The number of ether oxygens (including phenoxy) is 1. The maximum absolute atomic E-state index is 10.9. The Kier molecular flexibility index (Phi) is 4.47.